The molecule has 1 aromatic heterocycles. The molecule has 6 heteroatoms. The number of para-hydroxylation sites is 3. The maximum Gasteiger partial charge on any atom is 0.247 e. The summed E-state index contributed by atoms with van der Waals surface area (Å²) in [6.45, 7) is 0.614. The summed E-state index contributed by atoms with van der Waals surface area (Å²) in [7, 11) is 0. The molecule has 1 aliphatic rings. The fourth-order valence-corrected chi connectivity index (χ4v) is 4.66. The van der Waals surface area contributed by atoms with Gasteiger partial charge in [0.2, 0.25) is 11.8 Å². The number of likely N-dealkylation sites (tertiary alicyclic amines) is 1. The van der Waals surface area contributed by atoms with Gasteiger partial charge < -0.3 is 15.2 Å². The second-order valence-corrected chi connectivity index (χ2v) is 8.75. The Morgan fingerprint density at radius 2 is 1.74 bits per heavy atom. The lowest BCUT2D eigenvalue weighted by Crippen LogP contribution is -2.43. The van der Waals surface area contributed by atoms with Crippen molar-refractivity contribution in [3.05, 3.63) is 95.8 Å². The summed E-state index contributed by atoms with van der Waals surface area (Å²) in [5.41, 5.74) is 4.92. The van der Waals surface area contributed by atoms with Crippen molar-refractivity contribution in [2.45, 2.75) is 38.1 Å². The van der Waals surface area contributed by atoms with Crippen LogP contribution >= 0.6 is 0 Å². The zero-order valence-electron chi connectivity index (χ0n) is 19.0. The van der Waals surface area contributed by atoms with E-state index in [2.05, 4.69) is 27.4 Å². The number of aryl methyl sites for hydroxylation is 1. The Hall–Kier alpha value is -3.93. The van der Waals surface area contributed by atoms with Gasteiger partial charge in [-0.25, -0.2) is 4.98 Å². The molecule has 2 heterocycles. The molecule has 34 heavy (non-hydrogen) atoms. The molecule has 0 bridgehead atoms. The standard InChI is InChI=1S/C28H28N4O2/c33-27(17-16-26-29-23-13-6-7-14-24(23)30-26)32-18-8-15-25(32)28(34)31-22-12-5-4-11-21(22)19-20-9-2-1-3-10-20/h1-7,9-14,25H,8,15-19H2,(H,29,30)(H,31,34)/t25-/m0/s1. The van der Waals surface area contributed by atoms with Gasteiger partial charge in [-0.05, 0) is 48.6 Å². The number of anilines is 1. The third-order valence-electron chi connectivity index (χ3n) is 6.40. The molecule has 0 aliphatic carbocycles. The van der Waals surface area contributed by atoms with Crippen molar-refractivity contribution in [3.63, 3.8) is 0 Å². The molecule has 3 aromatic carbocycles. The molecule has 2 N–H and O–H groups in total. The molecule has 5 rings (SSSR count). The van der Waals surface area contributed by atoms with Crippen LogP contribution in [0.1, 0.15) is 36.2 Å². The molecular weight excluding hydrogens is 424 g/mol. The first kappa shape index (κ1) is 21.9. The van der Waals surface area contributed by atoms with Crippen LogP contribution in [0.15, 0.2) is 78.9 Å². The average molecular weight is 453 g/mol. The highest BCUT2D eigenvalue weighted by Gasteiger charge is 2.34. The van der Waals surface area contributed by atoms with Crippen molar-refractivity contribution < 1.29 is 9.59 Å². The molecule has 1 atom stereocenters. The van der Waals surface area contributed by atoms with Gasteiger partial charge in [0.1, 0.15) is 11.9 Å². The lowest BCUT2D eigenvalue weighted by Gasteiger charge is -2.24. The molecule has 0 spiro atoms. The van der Waals surface area contributed by atoms with E-state index in [1.165, 1.54) is 5.56 Å². The van der Waals surface area contributed by atoms with Gasteiger partial charge in [-0.1, -0.05) is 60.7 Å². The third kappa shape index (κ3) is 4.86. The summed E-state index contributed by atoms with van der Waals surface area (Å²) in [6.07, 6.45) is 3.11. The van der Waals surface area contributed by atoms with Gasteiger partial charge in [0.05, 0.1) is 11.0 Å². The van der Waals surface area contributed by atoms with E-state index in [1.807, 2.05) is 66.7 Å². The molecule has 2 amide bonds. The molecule has 1 aliphatic heterocycles. The van der Waals surface area contributed by atoms with Crippen LogP contribution < -0.4 is 5.32 Å². The SMILES string of the molecule is O=C(Nc1ccccc1Cc1ccccc1)[C@@H]1CCCN1C(=O)CCc1nc2ccccc2[nH]1. The van der Waals surface area contributed by atoms with E-state index in [0.717, 1.165) is 41.0 Å². The van der Waals surface area contributed by atoms with Crippen LogP contribution in [-0.4, -0.2) is 39.3 Å². The molecule has 4 aromatic rings. The van der Waals surface area contributed by atoms with Crippen molar-refractivity contribution >= 4 is 28.5 Å². The number of fused-ring (bicyclic) bond motifs is 1. The molecule has 1 fully saturated rings. The first-order valence-electron chi connectivity index (χ1n) is 11.8. The van der Waals surface area contributed by atoms with E-state index < -0.39 is 6.04 Å². The average Bonchev–Trinajstić information content (AvgIpc) is 3.52. The summed E-state index contributed by atoms with van der Waals surface area (Å²) < 4.78 is 0. The van der Waals surface area contributed by atoms with Gasteiger partial charge in [-0.3, -0.25) is 9.59 Å². The molecule has 172 valence electrons. The van der Waals surface area contributed by atoms with Crippen molar-refractivity contribution in [2.75, 3.05) is 11.9 Å². The smallest absolute Gasteiger partial charge is 0.247 e. The van der Waals surface area contributed by atoms with Crippen LogP contribution in [0.3, 0.4) is 0 Å². The number of aromatic amines is 1. The van der Waals surface area contributed by atoms with Crippen LogP contribution in [0.2, 0.25) is 0 Å². The number of nitrogens with zero attached hydrogens (tertiary/aromatic N) is 2. The topological polar surface area (TPSA) is 78.1 Å². The van der Waals surface area contributed by atoms with Gasteiger partial charge in [0.15, 0.2) is 0 Å². The first-order valence-corrected chi connectivity index (χ1v) is 11.8. The highest BCUT2D eigenvalue weighted by atomic mass is 16.2. The van der Waals surface area contributed by atoms with Crippen molar-refractivity contribution in [3.8, 4) is 0 Å². The third-order valence-corrected chi connectivity index (χ3v) is 6.40. The molecule has 1 saturated heterocycles. The minimum atomic E-state index is -0.437. The zero-order valence-corrected chi connectivity index (χ0v) is 19.0. The number of nitrogens with one attached hydrogen (secondary N) is 2. The predicted octanol–water partition coefficient (Wildman–Crippen LogP) is 4.72. The number of hydrogen-bond donors (Lipinski definition) is 2. The Morgan fingerprint density at radius 1 is 0.971 bits per heavy atom. The van der Waals surface area contributed by atoms with Crippen molar-refractivity contribution in [2.24, 2.45) is 0 Å². The monoisotopic (exact) mass is 452 g/mol. The Labute approximate surface area is 199 Å². The molecule has 6 nitrogen and oxygen atoms in total. The van der Waals surface area contributed by atoms with Crippen LogP contribution in [0.5, 0.6) is 0 Å². The Kier molecular flexibility index (Phi) is 6.38. The van der Waals surface area contributed by atoms with Crippen LogP contribution in [-0.2, 0) is 22.4 Å². The normalized spacial score (nSPS) is 15.5. The second-order valence-electron chi connectivity index (χ2n) is 8.75. The predicted molar refractivity (Wildman–Crippen MR) is 133 cm³/mol. The quantitative estimate of drug-likeness (QED) is 0.426. The van der Waals surface area contributed by atoms with Gasteiger partial charge in [-0.15, -0.1) is 0 Å². The largest absolute Gasteiger partial charge is 0.342 e. The minimum Gasteiger partial charge on any atom is -0.342 e. The summed E-state index contributed by atoms with van der Waals surface area (Å²) in [6, 6.07) is 25.5. The molecular formula is C28H28N4O2. The highest BCUT2D eigenvalue weighted by molar-refractivity contribution is 5.98. The van der Waals surface area contributed by atoms with E-state index in [1.54, 1.807) is 4.90 Å². The van der Waals surface area contributed by atoms with Crippen LogP contribution in [0.4, 0.5) is 5.69 Å². The number of aromatic nitrogens is 2. The number of carbonyl (C=O) groups excluding carboxylic acids is 2. The van der Waals surface area contributed by atoms with Crippen molar-refractivity contribution in [1.29, 1.82) is 0 Å². The number of benzene rings is 3. The van der Waals surface area contributed by atoms with Gasteiger partial charge in [0, 0.05) is 25.1 Å². The van der Waals surface area contributed by atoms with Crippen molar-refractivity contribution in [1.82, 2.24) is 14.9 Å². The maximum absolute atomic E-state index is 13.2. The lowest BCUT2D eigenvalue weighted by atomic mass is 10.0. The number of amides is 2. The van der Waals surface area contributed by atoms with Crippen LogP contribution in [0, 0.1) is 0 Å². The number of imidazole rings is 1. The van der Waals surface area contributed by atoms with E-state index in [-0.39, 0.29) is 11.8 Å². The maximum atomic E-state index is 13.2. The van der Waals surface area contributed by atoms with E-state index in [0.29, 0.717) is 25.8 Å². The van der Waals surface area contributed by atoms with E-state index in [4.69, 9.17) is 0 Å². The lowest BCUT2D eigenvalue weighted by molar-refractivity contribution is -0.136. The summed E-state index contributed by atoms with van der Waals surface area (Å²) in [5, 5.41) is 3.10. The van der Waals surface area contributed by atoms with E-state index >= 15 is 0 Å². The van der Waals surface area contributed by atoms with Gasteiger partial charge in [-0.2, -0.15) is 0 Å². The number of carbonyl (C=O) groups is 2. The Bertz CT molecular complexity index is 1270. The second kappa shape index (κ2) is 9.91. The Morgan fingerprint density at radius 3 is 2.59 bits per heavy atom. The Balaban J connectivity index is 1.23. The van der Waals surface area contributed by atoms with Gasteiger partial charge in [0.25, 0.3) is 0 Å². The number of hydrogen-bond acceptors (Lipinski definition) is 3. The summed E-state index contributed by atoms with van der Waals surface area (Å²) in [4.78, 5) is 35.8. The van der Waals surface area contributed by atoms with Gasteiger partial charge >= 0.3 is 0 Å². The summed E-state index contributed by atoms with van der Waals surface area (Å²) in [5.74, 6) is 0.676. The molecule has 0 unspecified atom stereocenters. The number of rotatable bonds is 7. The van der Waals surface area contributed by atoms with Crippen LogP contribution in [0.25, 0.3) is 11.0 Å². The molecule has 0 saturated carbocycles. The zero-order chi connectivity index (χ0) is 23.3. The highest BCUT2D eigenvalue weighted by Crippen LogP contribution is 2.24. The fourth-order valence-electron chi connectivity index (χ4n) is 4.66. The van der Waals surface area contributed by atoms with E-state index in [9.17, 15) is 9.59 Å². The fraction of sp³-hybridized carbons (Fsp3) is 0.250. The summed E-state index contributed by atoms with van der Waals surface area (Å²) >= 11 is 0. The number of H-pyrrole nitrogens is 1. The molecule has 0 radical (unpaired) electrons. The minimum absolute atomic E-state index is 0.00400. The first-order chi connectivity index (χ1) is 16.7.